The van der Waals surface area contributed by atoms with Crippen LogP contribution >= 0.6 is 0 Å². The van der Waals surface area contributed by atoms with E-state index in [1.807, 2.05) is 36.1 Å². The number of rotatable bonds is 3. The minimum absolute atomic E-state index is 0.0875. The Kier molecular flexibility index (Phi) is 4.99. The summed E-state index contributed by atoms with van der Waals surface area (Å²) in [5.74, 6) is 0.120. The monoisotopic (exact) mass is 317 g/mol. The molecule has 23 heavy (non-hydrogen) atoms. The van der Waals surface area contributed by atoms with Crippen molar-refractivity contribution in [2.24, 2.45) is 0 Å². The summed E-state index contributed by atoms with van der Waals surface area (Å²) < 4.78 is 0. The summed E-state index contributed by atoms with van der Waals surface area (Å²) in [7, 11) is 2.13. The number of benzene rings is 1. The summed E-state index contributed by atoms with van der Waals surface area (Å²) >= 11 is 0. The van der Waals surface area contributed by atoms with E-state index >= 15 is 0 Å². The largest absolute Gasteiger partial charge is 0.390 e. The molecule has 0 saturated carbocycles. The fraction of sp³-hybridized carbons (Fsp3) is 0.611. The van der Waals surface area contributed by atoms with Gasteiger partial charge in [-0.3, -0.25) is 9.69 Å². The smallest absolute Gasteiger partial charge is 0.227 e. The average Bonchev–Trinajstić information content (AvgIpc) is 2.92. The van der Waals surface area contributed by atoms with Crippen LogP contribution in [-0.4, -0.2) is 84.2 Å². The molecular formula is C18H27N3O2. The Balaban J connectivity index is 1.59. The summed E-state index contributed by atoms with van der Waals surface area (Å²) in [5.41, 5.74) is 2.23. The number of aliphatic hydroxyl groups excluding tert-OH is 1. The third-order valence-electron chi connectivity index (χ3n) is 5.22. The molecule has 0 unspecified atom stereocenters. The Morgan fingerprint density at radius 2 is 1.87 bits per heavy atom. The van der Waals surface area contributed by atoms with Crippen molar-refractivity contribution in [1.82, 2.24) is 14.7 Å². The van der Waals surface area contributed by atoms with Crippen LogP contribution in [0.2, 0.25) is 0 Å². The van der Waals surface area contributed by atoms with Gasteiger partial charge in [-0.1, -0.05) is 24.3 Å². The molecule has 5 heteroatoms. The Bertz CT molecular complexity index is 555. The van der Waals surface area contributed by atoms with Gasteiger partial charge in [0.25, 0.3) is 0 Å². The van der Waals surface area contributed by atoms with E-state index < -0.39 is 6.10 Å². The fourth-order valence-corrected chi connectivity index (χ4v) is 3.57. The van der Waals surface area contributed by atoms with Crippen LogP contribution in [0.1, 0.15) is 11.1 Å². The lowest BCUT2D eigenvalue weighted by molar-refractivity contribution is -0.129. The molecule has 0 bridgehead atoms. The number of aryl methyl sites for hydroxylation is 1. The maximum absolute atomic E-state index is 12.6. The first-order valence-corrected chi connectivity index (χ1v) is 8.47. The van der Waals surface area contributed by atoms with E-state index in [2.05, 4.69) is 16.8 Å². The van der Waals surface area contributed by atoms with Gasteiger partial charge < -0.3 is 14.9 Å². The van der Waals surface area contributed by atoms with E-state index in [1.165, 1.54) is 0 Å². The van der Waals surface area contributed by atoms with Crippen molar-refractivity contribution in [3.8, 4) is 0 Å². The highest BCUT2D eigenvalue weighted by Crippen LogP contribution is 2.19. The molecule has 2 fully saturated rings. The van der Waals surface area contributed by atoms with Crippen LogP contribution in [0.15, 0.2) is 24.3 Å². The minimum atomic E-state index is -0.431. The SMILES string of the molecule is Cc1ccccc1CC(=O)N1C[C@@H](O)[C@H](N2CCN(C)CC2)C1. The lowest BCUT2D eigenvalue weighted by Crippen LogP contribution is -2.52. The topological polar surface area (TPSA) is 47.0 Å². The zero-order valence-electron chi connectivity index (χ0n) is 14.1. The lowest BCUT2D eigenvalue weighted by atomic mass is 10.1. The number of hydrogen-bond donors (Lipinski definition) is 1. The summed E-state index contributed by atoms with van der Waals surface area (Å²) in [6, 6.07) is 8.10. The first-order chi connectivity index (χ1) is 11.0. The van der Waals surface area contributed by atoms with Gasteiger partial charge in [0, 0.05) is 39.3 Å². The van der Waals surface area contributed by atoms with Crippen LogP contribution in [0.3, 0.4) is 0 Å². The molecule has 1 aromatic rings. The summed E-state index contributed by atoms with van der Waals surface area (Å²) in [4.78, 5) is 19.1. The fourth-order valence-electron chi connectivity index (χ4n) is 3.57. The van der Waals surface area contributed by atoms with E-state index in [1.54, 1.807) is 0 Å². The van der Waals surface area contributed by atoms with Crippen LogP contribution in [0.4, 0.5) is 0 Å². The number of carbonyl (C=O) groups is 1. The average molecular weight is 317 g/mol. The standard InChI is InChI=1S/C18H27N3O2/c1-14-5-3-4-6-15(14)11-18(23)21-12-16(17(22)13-21)20-9-7-19(2)8-10-20/h3-6,16-17,22H,7-13H2,1-2H3/t16-,17-/m1/s1. The van der Waals surface area contributed by atoms with Gasteiger partial charge in [-0.2, -0.15) is 0 Å². The van der Waals surface area contributed by atoms with Crippen LogP contribution < -0.4 is 0 Å². The lowest BCUT2D eigenvalue weighted by Gasteiger charge is -2.37. The maximum Gasteiger partial charge on any atom is 0.227 e. The van der Waals surface area contributed by atoms with Gasteiger partial charge in [0.15, 0.2) is 0 Å². The van der Waals surface area contributed by atoms with Crippen LogP contribution in [0, 0.1) is 6.92 Å². The Morgan fingerprint density at radius 3 is 2.57 bits per heavy atom. The molecule has 0 aliphatic carbocycles. The number of carbonyl (C=O) groups excluding carboxylic acids is 1. The molecule has 126 valence electrons. The highest BCUT2D eigenvalue weighted by Gasteiger charge is 2.38. The molecule has 5 nitrogen and oxygen atoms in total. The molecule has 1 amide bonds. The zero-order chi connectivity index (χ0) is 16.4. The molecule has 2 aliphatic heterocycles. The number of β-amino-alcohol motifs (C(OH)–C–C–N with tert-alkyl or cyclic N) is 1. The quantitative estimate of drug-likeness (QED) is 0.874. The number of aliphatic hydroxyl groups is 1. The van der Waals surface area contributed by atoms with Crippen LogP contribution in [0.5, 0.6) is 0 Å². The Morgan fingerprint density at radius 1 is 1.17 bits per heavy atom. The first kappa shape index (κ1) is 16.4. The third kappa shape index (κ3) is 3.74. The molecule has 3 rings (SSSR count). The second-order valence-electron chi connectivity index (χ2n) is 6.88. The van der Waals surface area contributed by atoms with Gasteiger partial charge in [0.05, 0.1) is 18.6 Å². The number of hydrogen-bond acceptors (Lipinski definition) is 4. The van der Waals surface area contributed by atoms with Crippen molar-refractivity contribution < 1.29 is 9.90 Å². The van der Waals surface area contributed by atoms with Crippen molar-refractivity contribution in [3.63, 3.8) is 0 Å². The maximum atomic E-state index is 12.6. The molecule has 2 atom stereocenters. The van der Waals surface area contributed by atoms with Crippen LogP contribution in [0.25, 0.3) is 0 Å². The third-order valence-corrected chi connectivity index (χ3v) is 5.22. The van der Waals surface area contributed by atoms with Gasteiger partial charge in [0.1, 0.15) is 0 Å². The van der Waals surface area contributed by atoms with E-state index in [-0.39, 0.29) is 11.9 Å². The number of likely N-dealkylation sites (N-methyl/N-ethyl adjacent to an activating group) is 1. The molecule has 0 spiro atoms. The van der Waals surface area contributed by atoms with Gasteiger partial charge in [-0.05, 0) is 25.1 Å². The highest BCUT2D eigenvalue weighted by atomic mass is 16.3. The zero-order valence-corrected chi connectivity index (χ0v) is 14.1. The normalized spacial score (nSPS) is 26.7. The summed E-state index contributed by atoms with van der Waals surface area (Å²) in [5, 5.41) is 10.4. The molecular weight excluding hydrogens is 290 g/mol. The molecule has 0 radical (unpaired) electrons. The molecule has 1 aromatic carbocycles. The van der Waals surface area contributed by atoms with Crippen molar-refractivity contribution in [2.75, 3.05) is 46.3 Å². The first-order valence-electron chi connectivity index (χ1n) is 8.47. The number of likely N-dealkylation sites (tertiary alicyclic amines) is 1. The molecule has 2 aliphatic rings. The van der Waals surface area contributed by atoms with Gasteiger partial charge in [0.2, 0.25) is 5.91 Å². The van der Waals surface area contributed by atoms with Crippen molar-refractivity contribution in [3.05, 3.63) is 35.4 Å². The second-order valence-corrected chi connectivity index (χ2v) is 6.88. The number of nitrogens with zero attached hydrogens (tertiary/aromatic N) is 3. The van der Waals surface area contributed by atoms with Crippen LogP contribution in [-0.2, 0) is 11.2 Å². The molecule has 0 aromatic heterocycles. The molecule has 1 N–H and O–H groups in total. The second kappa shape index (κ2) is 6.99. The summed E-state index contributed by atoms with van der Waals surface area (Å²) in [6.07, 6.45) is -0.00582. The van der Waals surface area contributed by atoms with Crippen molar-refractivity contribution in [2.45, 2.75) is 25.5 Å². The van der Waals surface area contributed by atoms with Crippen molar-refractivity contribution >= 4 is 5.91 Å². The van der Waals surface area contributed by atoms with E-state index in [4.69, 9.17) is 0 Å². The van der Waals surface area contributed by atoms with Gasteiger partial charge in [-0.25, -0.2) is 0 Å². The molecule has 2 saturated heterocycles. The predicted octanol–water partition coefficient (Wildman–Crippen LogP) is 0.357. The summed E-state index contributed by atoms with van der Waals surface area (Å²) in [6.45, 7) is 7.14. The number of amides is 1. The predicted molar refractivity (Wildman–Crippen MR) is 90.3 cm³/mol. The van der Waals surface area contributed by atoms with E-state index in [9.17, 15) is 9.90 Å². The van der Waals surface area contributed by atoms with Gasteiger partial charge >= 0.3 is 0 Å². The Labute approximate surface area is 138 Å². The van der Waals surface area contributed by atoms with E-state index in [0.717, 1.165) is 37.3 Å². The van der Waals surface area contributed by atoms with Crippen molar-refractivity contribution in [1.29, 1.82) is 0 Å². The minimum Gasteiger partial charge on any atom is -0.390 e. The van der Waals surface area contributed by atoms with Gasteiger partial charge in [-0.15, -0.1) is 0 Å². The number of piperazine rings is 1. The van der Waals surface area contributed by atoms with E-state index in [0.29, 0.717) is 19.5 Å². The molecule has 2 heterocycles. The highest BCUT2D eigenvalue weighted by molar-refractivity contribution is 5.79. The Hall–Kier alpha value is -1.43.